The molecule has 0 aliphatic heterocycles. The molecule has 31 heavy (non-hydrogen) atoms. The van der Waals surface area contributed by atoms with E-state index in [2.05, 4.69) is 0 Å². The van der Waals surface area contributed by atoms with Crippen LogP contribution in [0.15, 0.2) is 60.7 Å². The zero-order chi connectivity index (χ0) is 22.5. The van der Waals surface area contributed by atoms with Gasteiger partial charge in [-0.2, -0.15) is 0 Å². The van der Waals surface area contributed by atoms with Crippen molar-refractivity contribution in [3.8, 4) is 22.6 Å². The van der Waals surface area contributed by atoms with Crippen molar-refractivity contribution < 1.29 is 14.6 Å². The van der Waals surface area contributed by atoms with Crippen LogP contribution in [0.1, 0.15) is 33.3 Å². The second kappa shape index (κ2) is 9.73. The van der Waals surface area contributed by atoms with Crippen LogP contribution in [0.2, 0.25) is 0 Å². The molecule has 0 bridgehead atoms. The van der Waals surface area contributed by atoms with Crippen LogP contribution in [-0.4, -0.2) is 17.3 Å². The highest BCUT2D eigenvalue weighted by Crippen LogP contribution is 2.36. The summed E-state index contributed by atoms with van der Waals surface area (Å²) >= 11 is 0. The lowest BCUT2D eigenvalue weighted by molar-refractivity contribution is 0.242. The highest BCUT2D eigenvalue weighted by atomic mass is 16.5. The molecule has 6 nitrogen and oxygen atoms in total. The van der Waals surface area contributed by atoms with Gasteiger partial charge < -0.3 is 20.3 Å². The van der Waals surface area contributed by atoms with Gasteiger partial charge in [0, 0.05) is 0 Å². The summed E-state index contributed by atoms with van der Waals surface area (Å²) in [7, 11) is 0. The van der Waals surface area contributed by atoms with Gasteiger partial charge in [0.2, 0.25) is 0 Å². The Morgan fingerprint density at radius 3 is 1.84 bits per heavy atom. The number of hydrogen-bond acceptors (Lipinski definition) is 6. The molecule has 0 atom stereocenters. The maximum atomic E-state index is 9.89. The Morgan fingerprint density at radius 2 is 1.35 bits per heavy atom. The predicted octanol–water partition coefficient (Wildman–Crippen LogP) is 5.01. The summed E-state index contributed by atoms with van der Waals surface area (Å²) in [5.41, 5.74) is 10.7. The average molecular weight is 422 g/mol. The third-order valence-corrected chi connectivity index (χ3v) is 4.71. The Balaban J connectivity index is 1.94. The Bertz CT molecular complexity index is 1000. The number of nitrogens with zero attached hydrogens (tertiary/aromatic N) is 1. The van der Waals surface area contributed by atoms with E-state index in [1.165, 1.54) is 5.01 Å². The van der Waals surface area contributed by atoms with Gasteiger partial charge in [0.15, 0.2) is 0 Å². The van der Waals surface area contributed by atoms with Gasteiger partial charge in [0.05, 0.1) is 35.9 Å². The van der Waals surface area contributed by atoms with Crippen LogP contribution >= 0.6 is 0 Å². The minimum atomic E-state index is -0.129. The third-order valence-electron chi connectivity index (χ3n) is 4.71. The molecular formula is C25H31N3O3. The molecule has 0 spiro atoms. The van der Waals surface area contributed by atoms with Gasteiger partial charge in [-0.1, -0.05) is 12.1 Å². The highest BCUT2D eigenvalue weighted by molar-refractivity contribution is 5.82. The minimum absolute atomic E-state index is 0.0985. The monoisotopic (exact) mass is 421 g/mol. The molecule has 3 rings (SSSR count). The number of hydrazine groups is 1. The molecule has 0 aliphatic rings. The normalized spacial score (nSPS) is 11.1. The zero-order valence-corrected chi connectivity index (χ0v) is 18.5. The van der Waals surface area contributed by atoms with Gasteiger partial charge >= 0.3 is 0 Å². The lowest BCUT2D eigenvalue weighted by Gasteiger charge is -2.23. The van der Waals surface area contributed by atoms with Crippen molar-refractivity contribution in [1.82, 2.24) is 0 Å². The molecule has 6 heteroatoms. The van der Waals surface area contributed by atoms with Crippen molar-refractivity contribution in [2.24, 2.45) is 5.84 Å². The van der Waals surface area contributed by atoms with E-state index in [9.17, 15) is 5.11 Å². The quantitative estimate of drug-likeness (QED) is 0.269. The molecular weight excluding hydrogens is 390 g/mol. The van der Waals surface area contributed by atoms with Crippen LogP contribution in [0.5, 0.6) is 11.5 Å². The molecule has 0 radical (unpaired) electrons. The van der Waals surface area contributed by atoms with Gasteiger partial charge in [0.25, 0.3) is 0 Å². The van der Waals surface area contributed by atoms with E-state index in [1.807, 2.05) is 82.3 Å². The molecule has 0 heterocycles. The number of nitrogen functional groups attached to an aromatic ring is 1. The maximum absolute atomic E-state index is 9.89. The number of aliphatic hydroxyl groups is 1. The van der Waals surface area contributed by atoms with Crippen molar-refractivity contribution in [2.75, 3.05) is 10.7 Å². The molecule has 0 saturated heterocycles. The second-order valence-electron chi connectivity index (χ2n) is 7.95. The lowest BCUT2D eigenvalue weighted by atomic mass is 9.98. The smallest absolute Gasteiger partial charge is 0.119 e. The third kappa shape index (κ3) is 5.48. The molecule has 0 saturated carbocycles. The van der Waals surface area contributed by atoms with E-state index < -0.39 is 0 Å². The standard InChI is InChI=1S/C25H31N3O3/c1-16(2)30-21-9-5-18(6-10-21)23-14-25(24(26)13-19(23)15-29)28(27)20-7-11-22(12-8-20)31-17(3)4/h5-14,16-17,29H,15,26-27H2,1-4H3. The molecule has 0 aromatic heterocycles. The summed E-state index contributed by atoms with van der Waals surface area (Å²) in [5.74, 6) is 7.99. The summed E-state index contributed by atoms with van der Waals surface area (Å²) in [5, 5.41) is 11.4. The fourth-order valence-corrected chi connectivity index (χ4v) is 3.34. The van der Waals surface area contributed by atoms with Gasteiger partial charge in [0.1, 0.15) is 11.5 Å². The zero-order valence-electron chi connectivity index (χ0n) is 18.5. The number of anilines is 3. The van der Waals surface area contributed by atoms with Gasteiger partial charge in [-0.25, -0.2) is 5.84 Å². The summed E-state index contributed by atoms with van der Waals surface area (Å²) in [4.78, 5) is 0. The van der Waals surface area contributed by atoms with Crippen molar-refractivity contribution in [2.45, 2.75) is 46.5 Å². The predicted molar refractivity (Wildman–Crippen MR) is 127 cm³/mol. The number of rotatable bonds is 8. The first-order valence-electron chi connectivity index (χ1n) is 10.4. The summed E-state index contributed by atoms with van der Waals surface area (Å²) < 4.78 is 11.4. The van der Waals surface area contributed by atoms with Crippen molar-refractivity contribution in [3.05, 3.63) is 66.2 Å². The Kier molecular flexibility index (Phi) is 7.05. The van der Waals surface area contributed by atoms with Gasteiger partial charge in [-0.15, -0.1) is 0 Å². The summed E-state index contributed by atoms with van der Waals surface area (Å²) in [6.07, 6.45) is 0.200. The van der Waals surface area contributed by atoms with Crippen LogP contribution in [0.25, 0.3) is 11.1 Å². The van der Waals surface area contributed by atoms with E-state index in [-0.39, 0.29) is 18.8 Å². The van der Waals surface area contributed by atoms with Gasteiger partial charge in [-0.05, 0) is 92.9 Å². The van der Waals surface area contributed by atoms with E-state index >= 15 is 0 Å². The number of benzene rings is 3. The highest BCUT2D eigenvalue weighted by Gasteiger charge is 2.15. The van der Waals surface area contributed by atoms with Crippen molar-refractivity contribution in [1.29, 1.82) is 0 Å². The van der Waals surface area contributed by atoms with Crippen LogP contribution in [0.3, 0.4) is 0 Å². The molecule has 0 amide bonds. The molecule has 3 aromatic carbocycles. The lowest BCUT2D eigenvalue weighted by Crippen LogP contribution is -2.26. The van der Waals surface area contributed by atoms with Crippen LogP contribution < -0.4 is 26.1 Å². The second-order valence-corrected chi connectivity index (χ2v) is 7.95. The maximum Gasteiger partial charge on any atom is 0.119 e. The SMILES string of the molecule is CC(C)Oc1ccc(-c2cc(N(N)c3ccc(OC(C)C)cc3)c(N)cc2CO)cc1. The van der Waals surface area contributed by atoms with E-state index in [0.29, 0.717) is 11.4 Å². The largest absolute Gasteiger partial charge is 0.491 e. The molecule has 0 unspecified atom stereocenters. The number of hydrogen-bond donors (Lipinski definition) is 3. The number of ether oxygens (including phenoxy) is 2. The Labute approximate surface area is 184 Å². The molecule has 0 fully saturated rings. The molecule has 3 aromatic rings. The Morgan fingerprint density at radius 1 is 0.839 bits per heavy atom. The molecule has 5 N–H and O–H groups in total. The van der Waals surface area contributed by atoms with E-state index in [0.717, 1.165) is 33.9 Å². The van der Waals surface area contributed by atoms with Crippen molar-refractivity contribution >= 4 is 17.1 Å². The average Bonchev–Trinajstić information content (AvgIpc) is 2.73. The topological polar surface area (TPSA) is 94.0 Å². The van der Waals surface area contributed by atoms with E-state index in [1.54, 1.807) is 6.07 Å². The number of nitrogens with two attached hydrogens (primary N) is 2. The van der Waals surface area contributed by atoms with Crippen molar-refractivity contribution in [3.63, 3.8) is 0 Å². The molecule has 0 aliphatic carbocycles. The molecule has 164 valence electrons. The fraction of sp³-hybridized carbons (Fsp3) is 0.280. The number of aliphatic hydroxyl groups excluding tert-OH is 1. The first-order valence-corrected chi connectivity index (χ1v) is 10.4. The first kappa shape index (κ1) is 22.5. The van der Waals surface area contributed by atoms with E-state index in [4.69, 9.17) is 21.1 Å². The van der Waals surface area contributed by atoms with Crippen LogP contribution in [0, 0.1) is 0 Å². The first-order chi connectivity index (χ1) is 14.8. The summed E-state index contributed by atoms with van der Waals surface area (Å²) in [6, 6.07) is 18.9. The van der Waals surface area contributed by atoms with Crippen LogP contribution in [-0.2, 0) is 6.61 Å². The fourth-order valence-electron chi connectivity index (χ4n) is 3.34. The van der Waals surface area contributed by atoms with Gasteiger partial charge in [-0.3, -0.25) is 5.01 Å². The summed E-state index contributed by atoms with van der Waals surface area (Å²) in [6.45, 7) is 7.81. The Hall–Kier alpha value is -3.22. The minimum Gasteiger partial charge on any atom is -0.491 e. The van der Waals surface area contributed by atoms with Crippen LogP contribution in [0.4, 0.5) is 17.1 Å².